The first-order chi connectivity index (χ1) is 20.1. The molecule has 0 aliphatic carbocycles. The summed E-state index contributed by atoms with van der Waals surface area (Å²) in [4.78, 5) is 36.4. The highest BCUT2D eigenvalue weighted by Gasteiger charge is 2.20. The van der Waals surface area contributed by atoms with Crippen LogP contribution in [0.4, 0.5) is 10.6 Å². The largest absolute Gasteiger partial charge is 0.514 e. The number of aromatic nitrogens is 3. The lowest BCUT2D eigenvalue weighted by atomic mass is 10.0. The molecular formula is C34H42N4O4. The molecule has 222 valence electrons. The van der Waals surface area contributed by atoms with Crippen molar-refractivity contribution in [3.05, 3.63) is 72.1 Å². The van der Waals surface area contributed by atoms with Gasteiger partial charge in [-0.2, -0.15) is 0 Å². The number of unbranched alkanes of at least 4 members (excludes halogenated alkanes) is 2. The van der Waals surface area contributed by atoms with Crippen LogP contribution in [0.25, 0.3) is 22.3 Å². The first-order valence-corrected chi connectivity index (χ1v) is 14.8. The number of aryl methyl sites for hydroxylation is 1. The Kier molecular flexibility index (Phi) is 9.99. The van der Waals surface area contributed by atoms with Gasteiger partial charge in [-0.1, -0.05) is 69.2 Å². The van der Waals surface area contributed by atoms with Gasteiger partial charge in [0.05, 0.1) is 6.54 Å². The number of pyridine rings is 1. The molecule has 1 amide bonds. The van der Waals surface area contributed by atoms with Crippen molar-refractivity contribution in [3.63, 3.8) is 0 Å². The van der Waals surface area contributed by atoms with Crippen LogP contribution in [0.1, 0.15) is 78.6 Å². The Morgan fingerprint density at radius 1 is 0.905 bits per heavy atom. The lowest BCUT2D eigenvalue weighted by Crippen LogP contribution is -2.30. The molecule has 0 spiro atoms. The van der Waals surface area contributed by atoms with E-state index in [0.29, 0.717) is 24.7 Å². The molecule has 0 bridgehead atoms. The van der Waals surface area contributed by atoms with Crippen molar-refractivity contribution in [1.29, 1.82) is 0 Å². The molecule has 0 saturated carbocycles. The third kappa shape index (κ3) is 7.75. The third-order valence-corrected chi connectivity index (χ3v) is 6.88. The zero-order chi connectivity index (χ0) is 30.3. The van der Waals surface area contributed by atoms with E-state index in [1.807, 2.05) is 42.5 Å². The summed E-state index contributed by atoms with van der Waals surface area (Å²) in [7, 11) is 0. The van der Waals surface area contributed by atoms with E-state index in [1.54, 1.807) is 38.7 Å². The van der Waals surface area contributed by atoms with Gasteiger partial charge in [0, 0.05) is 25.5 Å². The van der Waals surface area contributed by atoms with Gasteiger partial charge >= 0.3 is 6.16 Å². The number of anilines is 1. The van der Waals surface area contributed by atoms with Gasteiger partial charge < -0.3 is 14.0 Å². The number of para-hydroxylation sites is 1. The molecule has 2 aromatic carbocycles. The molecule has 0 N–H and O–H groups in total. The number of carbonyl (C=O) groups is 2. The number of benzene rings is 2. The average molecular weight is 571 g/mol. The predicted octanol–water partition coefficient (Wildman–Crippen LogP) is 7.96. The number of hydrogen-bond donors (Lipinski definition) is 0. The number of rotatable bonds is 11. The maximum absolute atomic E-state index is 12.4. The van der Waals surface area contributed by atoms with Crippen LogP contribution in [0, 0.1) is 0 Å². The lowest BCUT2D eigenvalue weighted by Gasteiger charge is -2.20. The van der Waals surface area contributed by atoms with E-state index in [1.165, 1.54) is 0 Å². The molecule has 2 heterocycles. The highest BCUT2D eigenvalue weighted by molar-refractivity contribution is 5.91. The molecule has 0 aliphatic heterocycles. The molecule has 0 radical (unpaired) electrons. The molecule has 0 unspecified atom stereocenters. The van der Waals surface area contributed by atoms with Crippen molar-refractivity contribution >= 4 is 29.0 Å². The van der Waals surface area contributed by atoms with E-state index in [9.17, 15) is 9.59 Å². The minimum absolute atomic E-state index is 0.0147. The Labute approximate surface area is 248 Å². The minimum atomic E-state index is -0.733. The van der Waals surface area contributed by atoms with Gasteiger partial charge in [0.2, 0.25) is 5.91 Å². The number of hydrogen-bond acceptors (Lipinski definition) is 6. The van der Waals surface area contributed by atoms with Gasteiger partial charge in [-0.15, -0.1) is 0 Å². The SMILES string of the molecule is CCCCc1nc2ccc(N(CCCC)C(C)=O)nc2n1Cc1ccc(-c2ccccc2OC(=O)OC(C)(C)C)cc1. The number of carbonyl (C=O) groups excluding carboxylic acids is 2. The minimum Gasteiger partial charge on any atom is -0.428 e. The van der Waals surface area contributed by atoms with E-state index >= 15 is 0 Å². The lowest BCUT2D eigenvalue weighted by molar-refractivity contribution is -0.116. The van der Waals surface area contributed by atoms with Gasteiger partial charge in [0.1, 0.15) is 28.5 Å². The van der Waals surface area contributed by atoms with Crippen molar-refractivity contribution in [2.24, 2.45) is 0 Å². The van der Waals surface area contributed by atoms with Gasteiger partial charge in [-0.25, -0.2) is 14.8 Å². The van der Waals surface area contributed by atoms with Crippen molar-refractivity contribution in [3.8, 4) is 16.9 Å². The smallest absolute Gasteiger partial charge is 0.428 e. The molecule has 8 heteroatoms. The molecule has 2 aromatic heterocycles. The first kappa shape index (κ1) is 30.8. The number of amides is 1. The van der Waals surface area contributed by atoms with Crippen LogP contribution in [0.2, 0.25) is 0 Å². The Bertz CT molecular complexity index is 1520. The van der Waals surface area contributed by atoms with Crippen LogP contribution in [0.5, 0.6) is 5.75 Å². The fourth-order valence-electron chi connectivity index (χ4n) is 4.76. The van der Waals surface area contributed by atoms with Crippen molar-refractivity contribution in [2.45, 2.75) is 85.8 Å². The summed E-state index contributed by atoms with van der Waals surface area (Å²) in [5.74, 6) is 2.07. The number of nitrogens with zero attached hydrogens (tertiary/aromatic N) is 4. The van der Waals surface area contributed by atoms with Crippen molar-refractivity contribution in [1.82, 2.24) is 14.5 Å². The molecule has 42 heavy (non-hydrogen) atoms. The van der Waals surface area contributed by atoms with Crippen LogP contribution < -0.4 is 9.64 Å². The number of imidazole rings is 1. The Morgan fingerprint density at radius 2 is 1.62 bits per heavy atom. The summed E-state index contributed by atoms with van der Waals surface area (Å²) < 4.78 is 13.1. The quantitative estimate of drug-likeness (QED) is 0.134. The molecular weight excluding hydrogens is 528 g/mol. The Morgan fingerprint density at radius 3 is 2.29 bits per heavy atom. The van der Waals surface area contributed by atoms with Crippen LogP contribution in [-0.4, -0.2) is 38.7 Å². The highest BCUT2D eigenvalue weighted by atomic mass is 16.7. The van der Waals surface area contributed by atoms with E-state index in [0.717, 1.165) is 65.8 Å². The monoisotopic (exact) mass is 570 g/mol. The summed E-state index contributed by atoms with van der Waals surface area (Å²) in [5, 5.41) is 0. The Hall–Kier alpha value is -4.20. The molecule has 4 rings (SSSR count). The molecule has 8 nitrogen and oxygen atoms in total. The molecule has 0 fully saturated rings. The third-order valence-electron chi connectivity index (χ3n) is 6.88. The molecule has 0 aliphatic rings. The van der Waals surface area contributed by atoms with Crippen molar-refractivity contribution in [2.75, 3.05) is 11.4 Å². The normalized spacial score (nSPS) is 11.5. The second-order valence-corrected chi connectivity index (χ2v) is 11.5. The second kappa shape index (κ2) is 13.6. The topological polar surface area (TPSA) is 86.5 Å². The van der Waals surface area contributed by atoms with Gasteiger partial charge in [0.25, 0.3) is 0 Å². The van der Waals surface area contributed by atoms with Crippen LogP contribution in [0.3, 0.4) is 0 Å². The Balaban J connectivity index is 1.64. The van der Waals surface area contributed by atoms with Gasteiger partial charge in [-0.3, -0.25) is 9.69 Å². The summed E-state index contributed by atoms with van der Waals surface area (Å²) >= 11 is 0. The van der Waals surface area contributed by atoms with Crippen LogP contribution in [0.15, 0.2) is 60.7 Å². The second-order valence-electron chi connectivity index (χ2n) is 11.5. The van der Waals surface area contributed by atoms with Crippen molar-refractivity contribution < 1.29 is 19.1 Å². The summed E-state index contributed by atoms with van der Waals surface area (Å²) in [5.41, 5.74) is 3.77. The van der Waals surface area contributed by atoms with E-state index in [4.69, 9.17) is 19.4 Å². The zero-order valence-electron chi connectivity index (χ0n) is 25.6. The van der Waals surface area contributed by atoms with E-state index in [2.05, 4.69) is 30.5 Å². The maximum Gasteiger partial charge on any atom is 0.514 e. The number of fused-ring (bicyclic) bond motifs is 1. The molecule has 0 saturated heterocycles. The zero-order valence-corrected chi connectivity index (χ0v) is 25.6. The van der Waals surface area contributed by atoms with E-state index in [-0.39, 0.29) is 5.91 Å². The standard InChI is InChI=1S/C34H42N4O4/c1-7-9-15-30-35-28-20-21-31(37(24(3)39)22-10-8-2)36-32(28)38(30)23-25-16-18-26(19-17-25)27-13-11-12-14-29(27)41-33(40)42-34(4,5)6/h11-14,16-21H,7-10,15,22-23H2,1-6H3. The predicted molar refractivity (Wildman–Crippen MR) is 167 cm³/mol. The maximum atomic E-state index is 12.4. The fourth-order valence-corrected chi connectivity index (χ4v) is 4.76. The molecule has 4 aromatic rings. The number of ether oxygens (including phenoxy) is 2. The van der Waals surface area contributed by atoms with E-state index < -0.39 is 11.8 Å². The highest BCUT2D eigenvalue weighted by Crippen LogP contribution is 2.31. The molecule has 0 atom stereocenters. The fraction of sp³-hybridized carbons (Fsp3) is 0.412. The first-order valence-electron chi connectivity index (χ1n) is 14.8. The van der Waals surface area contributed by atoms with Crippen LogP contribution in [-0.2, 0) is 22.5 Å². The van der Waals surface area contributed by atoms with Gasteiger partial charge in [-0.05, 0) is 62.9 Å². The summed E-state index contributed by atoms with van der Waals surface area (Å²) in [6.45, 7) is 12.5. The van der Waals surface area contributed by atoms with Gasteiger partial charge in [0.15, 0.2) is 5.65 Å². The average Bonchev–Trinajstić information content (AvgIpc) is 3.28. The summed E-state index contributed by atoms with van der Waals surface area (Å²) in [6.07, 6.45) is 4.12. The summed E-state index contributed by atoms with van der Waals surface area (Å²) in [6, 6.07) is 19.5. The van der Waals surface area contributed by atoms with Crippen LogP contribution >= 0.6 is 0 Å².